The van der Waals surface area contributed by atoms with Crippen LogP contribution in [0.25, 0.3) is 21.9 Å². The van der Waals surface area contributed by atoms with E-state index in [9.17, 15) is 19.1 Å². The number of aromatic hydroxyl groups is 1. The molecule has 6 heteroatoms. The summed E-state index contributed by atoms with van der Waals surface area (Å²) in [6, 6.07) is 9.32. The zero-order valence-electron chi connectivity index (χ0n) is 16.0. The molecule has 3 rings (SSSR count). The van der Waals surface area contributed by atoms with Gasteiger partial charge in [-0.15, -0.1) is 0 Å². The highest BCUT2D eigenvalue weighted by atomic mass is 19.1. The van der Waals surface area contributed by atoms with Crippen LogP contribution in [0.15, 0.2) is 41.2 Å². The summed E-state index contributed by atoms with van der Waals surface area (Å²) in [5, 5.41) is 19.9. The minimum Gasteiger partial charge on any atom is -0.508 e. The molecule has 2 N–H and O–H groups in total. The average Bonchev–Trinajstić information content (AvgIpc) is 2.63. The number of phenolic OH excluding ortho intramolecular Hbond substituents is 1. The first-order valence-corrected chi connectivity index (χ1v) is 9.08. The summed E-state index contributed by atoms with van der Waals surface area (Å²) in [5.74, 6) is -1.46. The van der Waals surface area contributed by atoms with Gasteiger partial charge in [-0.05, 0) is 59.7 Å². The third kappa shape index (κ3) is 3.50. The van der Waals surface area contributed by atoms with Gasteiger partial charge in [0.15, 0.2) is 0 Å². The summed E-state index contributed by atoms with van der Waals surface area (Å²) in [6.07, 6.45) is -0.203. The highest BCUT2D eigenvalue weighted by molar-refractivity contribution is 5.98. The van der Waals surface area contributed by atoms with Gasteiger partial charge in [-0.3, -0.25) is 9.59 Å². The molecule has 0 saturated carbocycles. The zero-order chi connectivity index (χ0) is 20.6. The number of nitrogens with zero attached hydrogens (tertiary/aromatic N) is 1. The maximum atomic E-state index is 13.8. The summed E-state index contributed by atoms with van der Waals surface area (Å²) in [6.45, 7) is 5.54. The van der Waals surface area contributed by atoms with Crippen molar-refractivity contribution in [3.05, 3.63) is 63.8 Å². The minimum absolute atomic E-state index is 0.0143. The first-order chi connectivity index (χ1) is 13.2. The predicted octanol–water partition coefficient (Wildman–Crippen LogP) is 4.42. The molecule has 2 aromatic carbocycles. The number of rotatable bonds is 5. The molecule has 0 spiro atoms. The Morgan fingerprint density at radius 3 is 2.46 bits per heavy atom. The number of aromatic nitrogens is 1. The number of benzene rings is 2. The fourth-order valence-electron chi connectivity index (χ4n) is 3.59. The molecule has 0 atom stereocenters. The Morgan fingerprint density at radius 2 is 1.86 bits per heavy atom. The zero-order valence-corrected chi connectivity index (χ0v) is 16.0. The van der Waals surface area contributed by atoms with E-state index in [0.29, 0.717) is 22.0 Å². The van der Waals surface area contributed by atoms with Gasteiger partial charge in [-0.1, -0.05) is 19.9 Å². The Balaban J connectivity index is 2.46. The number of carbonyl (C=O) groups is 1. The topological polar surface area (TPSA) is 79.5 Å². The number of carboxylic acid groups (broad SMARTS) is 1. The average molecular weight is 383 g/mol. The second kappa shape index (κ2) is 7.46. The van der Waals surface area contributed by atoms with E-state index in [0.717, 1.165) is 11.1 Å². The first-order valence-electron chi connectivity index (χ1n) is 9.08. The quantitative estimate of drug-likeness (QED) is 0.684. The Labute approximate surface area is 161 Å². The van der Waals surface area contributed by atoms with Gasteiger partial charge in [0.1, 0.15) is 11.6 Å². The van der Waals surface area contributed by atoms with Gasteiger partial charge >= 0.3 is 5.97 Å². The van der Waals surface area contributed by atoms with Crippen LogP contribution >= 0.6 is 0 Å². The number of carboxylic acids is 1. The van der Waals surface area contributed by atoms with Gasteiger partial charge in [0.2, 0.25) is 0 Å². The lowest BCUT2D eigenvalue weighted by molar-refractivity contribution is -0.137. The molecular weight excluding hydrogens is 361 g/mol. The van der Waals surface area contributed by atoms with Crippen molar-refractivity contribution in [3.8, 4) is 16.9 Å². The van der Waals surface area contributed by atoms with Crippen molar-refractivity contribution >= 4 is 16.7 Å². The summed E-state index contributed by atoms with van der Waals surface area (Å²) in [4.78, 5) is 24.2. The molecular formula is C22H22FNO4. The largest absolute Gasteiger partial charge is 0.508 e. The van der Waals surface area contributed by atoms with E-state index in [2.05, 4.69) is 0 Å². The van der Waals surface area contributed by atoms with Crippen molar-refractivity contribution in [3.63, 3.8) is 0 Å². The van der Waals surface area contributed by atoms with E-state index in [1.807, 2.05) is 13.8 Å². The Morgan fingerprint density at radius 1 is 1.14 bits per heavy atom. The van der Waals surface area contributed by atoms with E-state index in [1.54, 1.807) is 25.1 Å². The SMILES string of the molecule is Cc1cc(-c2c(C(C)C)n(CCC(=O)O)c(=O)c3cc(O)ccc23)ccc1F. The molecule has 0 radical (unpaired) electrons. The van der Waals surface area contributed by atoms with Gasteiger partial charge in [0, 0.05) is 17.8 Å². The van der Waals surface area contributed by atoms with Crippen LogP contribution in [0.1, 0.15) is 37.4 Å². The number of hydrogen-bond donors (Lipinski definition) is 2. The smallest absolute Gasteiger partial charge is 0.305 e. The fourth-order valence-corrected chi connectivity index (χ4v) is 3.59. The van der Waals surface area contributed by atoms with Crippen LogP contribution in [0.4, 0.5) is 4.39 Å². The van der Waals surface area contributed by atoms with Crippen LogP contribution in [-0.2, 0) is 11.3 Å². The molecule has 0 amide bonds. The molecule has 146 valence electrons. The first kappa shape index (κ1) is 19.6. The Bertz CT molecular complexity index is 1130. The van der Waals surface area contributed by atoms with Crippen molar-refractivity contribution in [2.45, 2.75) is 39.7 Å². The maximum absolute atomic E-state index is 13.8. The lowest BCUT2D eigenvalue weighted by Gasteiger charge is -2.22. The Hall–Kier alpha value is -3.15. The fraction of sp³-hybridized carbons (Fsp3) is 0.273. The number of fused-ring (bicyclic) bond motifs is 1. The van der Waals surface area contributed by atoms with Crippen molar-refractivity contribution in [1.29, 1.82) is 0 Å². The number of pyridine rings is 1. The van der Waals surface area contributed by atoms with Crippen molar-refractivity contribution < 1.29 is 19.4 Å². The Kier molecular flexibility index (Phi) is 5.23. The number of phenols is 1. The highest BCUT2D eigenvalue weighted by Crippen LogP contribution is 2.36. The molecule has 0 saturated heterocycles. The van der Waals surface area contributed by atoms with E-state index in [-0.39, 0.29) is 36.0 Å². The standard InChI is InChI=1S/C22H22FNO4/c1-12(2)21-20(14-4-7-18(23)13(3)10-14)16-6-5-15(25)11-17(16)22(28)24(21)9-8-19(26)27/h4-7,10-12,25H,8-9H2,1-3H3,(H,26,27). The third-order valence-corrected chi connectivity index (χ3v) is 4.84. The van der Waals surface area contributed by atoms with Gasteiger partial charge in [-0.2, -0.15) is 0 Å². The van der Waals surface area contributed by atoms with Crippen LogP contribution in [0.3, 0.4) is 0 Å². The molecule has 0 aliphatic carbocycles. The molecule has 5 nitrogen and oxygen atoms in total. The predicted molar refractivity (Wildman–Crippen MR) is 106 cm³/mol. The molecule has 0 fully saturated rings. The second-order valence-corrected chi connectivity index (χ2v) is 7.21. The lowest BCUT2D eigenvalue weighted by atomic mass is 9.91. The summed E-state index contributed by atoms with van der Waals surface area (Å²) in [7, 11) is 0. The molecule has 0 aliphatic rings. The van der Waals surface area contributed by atoms with E-state index < -0.39 is 5.97 Å². The maximum Gasteiger partial charge on any atom is 0.305 e. The molecule has 0 aliphatic heterocycles. The number of halogens is 1. The summed E-state index contributed by atoms with van der Waals surface area (Å²) < 4.78 is 15.3. The molecule has 0 bridgehead atoms. The van der Waals surface area contributed by atoms with E-state index in [4.69, 9.17) is 5.11 Å². The second-order valence-electron chi connectivity index (χ2n) is 7.21. The highest BCUT2D eigenvalue weighted by Gasteiger charge is 2.21. The number of hydrogen-bond acceptors (Lipinski definition) is 3. The number of aryl methyl sites for hydroxylation is 1. The van der Waals surface area contributed by atoms with Crippen LogP contribution in [0.5, 0.6) is 5.75 Å². The molecule has 1 aromatic heterocycles. The molecule has 0 unspecified atom stereocenters. The molecule has 3 aromatic rings. The van der Waals surface area contributed by atoms with Crippen molar-refractivity contribution in [1.82, 2.24) is 4.57 Å². The van der Waals surface area contributed by atoms with Crippen LogP contribution in [-0.4, -0.2) is 20.7 Å². The summed E-state index contributed by atoms with van der Waals surface area (Å²) >= 11 is 0. The third-order valence-electron chi connectivity index (χ3n) is 4.84. The minimum atomic E-state index is -1.00. The van der Waals surface area contributed by atoms with Crippen LogP contribution < -0.4 is 5.56 Å². The van der Waals surface area contributed by atoms with E-state index in [1.165, 1.54) is 22.8 Å². The monoisotopic (exact) mass is 383 g/mol. The summed E-state index contributed by atoms with van der Waals surface area (Å²) in [5.41, 5.74) is 2.30. The van der Waals surface area contributed by atoms with Gasteiger partial charge in [0.05, 0.1) is 11.8 Å². The van der Waals surface area contributed by atoms with Crippen LogP contribution in [0.2, 0.25) is 0 Å². The van der Waals surface area contributed by atoms with Crippen molar-refractivity contribution in [2.24, 2.45) is 0 Å². The lowest BCUT2D eigenvalue weighted by Crippen LogP contribution is -2.27. The van der Waals surface area contributed by atoms with Crippen LogP contribution in [0, 0.1) is 12.7 Å². The van der Waals surface area contributed by atoms with Gasteiger partial charge < -0.3 is 14.8 Å². The van der Waals surface area contributed by atoms with E-state index >= 15 is 0 Å². The normalized spacial score (nSPS) is 11.3. The molecule has 28 heavy (non-hydrogen) atoms. The molecule has 1 heterocycles. The van der Waals surface area contributed by atoms with Gasteiger partial charge in [0.25, 0.3) is 5.56 Å². The van der Waals surface area contributed by atoms with Crippen molar-refractivity contribution in [2.75, 3.05) is 0 Å². The number of aliphatic carboxylic acids is 1. The van der Waals surface area contributed by atoms with Gasteiger partial charge in [-0.25, -0.2) is 4.39 Å².